The second kappa shape index (κ2) is 7.01. The van der Waals surface area contributed by atoms with E-state index in [0.29, 0.717) is 11.7 Å². The Bertz CT molecular complexity index is 672. The lowest BCUT2D eigenvalue weighted by Gasteiger charge is -2.17. The molecule has 4 heteroatoms. The van der Waals surface area contributed by atoms with Crippen LogP contribution in [0.25, 0.3) is 0 Å². The summed E-state index contributed by atoms with van der Waals surface area (Å²) in [6.45, 7) is 2.19. The van der Waals surface area contributed by atoms with Crippen LogP contribution >= 0.6 is 0 Å². The van der Waals surface area contributed by atoms with E-state index in [1.807, 2.05) is 49.5 Å². The second-order valence-corrected chi connectivity index (χ2v) is 6.32. The zero-order chi connectivity index (χ0) is 16.2. The first-order valence-electron chi connectivity index (χ1n) is 8.35. The van der Waals surface area contributed by atoms with E-state index in [2.05, 4.69) is 9.88 Å². The summed E-state index contributed by atoms with van der Waals surface area (Å²) in [5, 5.41) is 13.2. The number of rotatable bonds is 5. The highest BCUT2D eigenvalue weighted by molar-refractivity contribution is 5.92. The van der Waals surface area contributed by atoms with Gasteiger partial charge in [-0.2, -0.15) is 0 Å². The average Bonchev–Trinajstić information content (AvgIpc) is 3.23. The quantitative estimate of drug-likeness (QED) is 0.889. The minimum absolute atomic E-state index is 0.116. The van der Waals surface area contributed by atoms with Gasteiger partial charge in [0.2, 0.25) is 0 Å². The van der Waals surface area contributed by atoms with Crippen molar-refractivity contribution in [3.63, 3.8) is 0 Å². The van der Waals surface area contributed by atoms with E-state index in [9.17, 15) is 9.90 Å². The highest BCUT2D eigenvalue weighted by Crippen LogP contribution is 2.30. The van der Waals surface area contributed by atoms with Crippen molar-refractivity contribution in [1.82, 2.24) is 9.88 Å². The van der Waals surface area contributed by atoms with Gasteiger partial charge in [-0.05, 0) is 43.0 Å². The van der Waals surface area contributed by atoms with Crippen LogP contribution < -0.4 is 5.32 Å². The highest BCUT2D eigenvalue weighted by Gasteiger charge is 2.21. The molecule has 4 nitrogen and oxygen atoms in total. The number of nitrogens with zero attached hydrogens (tertiary/aromatic N) is 1. The van der Waals surface area contributed by atoms with Gasteiger partial charge < -0.3 is 15.0 Å². The summed E-state index contributed by atoms with van der Waals surface area (Å²) < 4.78 is 2.09. The molecular weight excluding hydrogens is 288 g/mol. The van der Waals surface area contributed by atoms with Crippen LogP contribution in [-0.2, 0) is 0 Å². The lowest BCUT2D eigenvalue weighted by molar-refractivity contribution is 0.0904. The van der Waals surface area contributed by atoms with Gasteiger partial charge in [0.25, 0.3) is 5.91 Å². The van der Waals surface area contributed by atoms with Gasteiger partial charge in [0.1, 0.15) is 5.69 Å². The molecule has 0 bridgehead atoms. The molecule has 1 aromatic heterocycles. The molecule has 3 rings (SSSR count). The Kier molecular flexibility index (Phi) is 4.82. The number of hydrogen-bond donors (Lipinski definition) is 2. The molecule has 1 saturated carbocycles. The Morgan fingerprint density at radius 2 is 2.00 bits per heavy atom. The summed E-state index contributed by atoms with van der Waals surface area (Å²) in [7, 11) is 0. The molecule has 23 heavy (non-hydrogen) atoms. The Balaban J connectivity index is 1.64. The summed E-state index contributed by atoms with van der Waals surface area (Å²) in [5.74, 6) is -0.116. The van der Waals surface area contributed by atoms with Crippen LogP contribution in [0.1, 0.15) is 59.4 Å². The Hall–Kier alpha value is -2.07. The molecule has 0 aliphatic heterocycles. The first-order chi connectivity index (χ1) is 11.2. The normalized spacial score (nSPS) is 16.4. The van der Waals surface area contributed by atoms with Crippen molar-refractivity contribution >= 4 is 5.91 Å². The van der Waals surface area contributed by atoms with Gasteiger partial charge in [0.15, 0.2) is 0 Å². The molecule has 1 aromatic carbocycles. The molecule has 1 unspecified atom stereocenters. The Morgan fingerprint density at radius 1 is 1.26 bits per heavy atom. The fourth-order valence-electron chi connectivity index (χ4n) is 3.44. The fraction of sp³-hybridized carbons (Fsp3) is 0.421. The molecule has 0 saturated heterocycles. The van der Waals surface area contributed by atoms with Crippen molar-refractivity contribution in [3.05, 3.63) is 59.4 Å². The van der Waals surface area contributed by atoms with Crippen molar-refractivity contribution in [2.75, 3.05) is 6.54 Å². The third kappa shape index (κ3) is 3.48. The smallest absolute Gasteiger partial charge is 0.268 e. The summed E-state index contributed by atoms with van der Waals surface area (Å²) in [4.78, 5) is 12.5. The van der Waals surface area contributed by atoms with Crippen molar-refractivity contribution in [3.8, 4) is 0 Å². The van der Waals surface area contributed by atoms with Gasteiger partial charge in [0.05, 0.1) is 6.10 Å². The minimum atomic E-state index is -0.685. The maximum Gasteiger partial charge on any atom is 0.268 e. The van der Waals surface area contributed by atoms with E-state index >= 15 is 0 Å². The number of aliphatic hydroxyl groups excluding tert-OH is 1. The molecule has 1 atom stereocenters. The van der Waals surface area contributed by atoms with Crippen LogP contribution in [0.5, 0.6) is 0 Å². The third-order valence-corrected chi connectivity index (χ3v) is 4.73. The monoisotopic (exact) mass is 312 g/mol. The molecule has 1 amide bonds. The van der Waals surface area contributed by atoms with Crippen LogP contribution in [0, 0.1) is 6.92 Å². The van der Waals surface area contributed by atoms with Gasteiger partial charge in [0, 0.05) is 18.8 Å². The van der Waals surface area contributed by atoms with Crippen molar-refractivity contribution in [2.45, 2.75) is 44.8 Å². The summed E-state index contributed by atoms with van der Waals surface area (Å²) in [5.41, 5.74) is 2.58. The molecule has 1 aliphatic carbocycles. The summed E-state index contributed by atoms with van der Waals surface area (Å²) >= 11 is 0. The van der Waals surface area contributed by atoms with Gasteiger partial charge in [-0.15, -0.1) is 0 Å². The first-order valence-corrected chi connectivity index (χ1v) is 8.35. The van der Waals surface area contributed by atoms with Crippen molar-refractivity contribution in [1.29, 1.82) is 0 Å². The standard InChI is InChI=1S/C19H24N2O2/c1-14-7-2-5-10-16(14)18(22)13-20-19(23)17-11-6-12-21(17)15-8-3-4-9-15/h2,5-7,10-12,15,18,22H,3-4,8-9,13H2,1H3,(H,20,23). The van der Waals surface area contributed by atoms with E-state index < -0.39 is 6.10 Å². The zero-order valence-electron chi connectivity index (χ0n) is 13.5. The number of benzene rings is 1. The molecule has 122 valence electrons. The molecule has 2 N–H and O–H groups in total. The minimum Gasteiger partial charge on any atom is -0.387 e. The van der Waals surface area contributed by atoms with Crippen LogP contribution in [0.2, 0.25) is 0 Å². The van der Waals surface area contributed by atoms with E-state index in [-0.39, 0.29) is 12.5 Å². The number of hydrogen-bond acceptors (Lipinski definition) is 2. The van der Waals surface area contributed by atoms with Gasteiger partial charge in [-0.1, -0.05) is 37.1 Å². The summed E-state index contributed by atoms with van der Waals surface area (Å²) in [6.07, 6.45) is 6.05. The van der Waals surface area contributed by atoms with Crippen LogP contribution in [0.15, 0.2) is 42.6 Å². The SMILES string of the molecule is Cc1ccccc1C(O)CNC(=O)c1cccn1C1CCCC1. The van der Waals surface area contributed by atoms with E-state index in [1.165, 1.54) is 12.8 Å². The van der Waals surface area contributed by atoms with E-state index in [1.54, 1.807) is 0 Å². The molecule has 1 aliphatic rings. The topological polar surface area (TPSA) is 54.3 Å². The van der Waals surface area contributed by atoms with Gasteiger partial charge in [-0.3, -0.25) is 4.79 Å². The number of aryl methyl sites for hydroxylation is 1. The first kappa shape index (κ1) is 15.8. The lowest BCUT2D eigenvalue weighted by Crippen LogP contribution is -2.30. The van der Waals surface area contributed by atoms with E-state index in [0.717, 1.165) is 24.0 Å². The number of aliphatic hydroxyl groups is 1. The second-order valence-electron chi connectivity index (χ2n) is 6.32. The van der Waals surface area contributed by atoms with Gasteiger partial charge in [-0.25, -0.2) is 0 Å². The van der Waals surface area contributed by atoms with Crippen molar-refractivity contribution < 1.29 is 9.90 Å². The van der Waals surface area contributed by atoms with Crippen LogP contribution in [0.3, 0.4) is 0 Å². The number of carbonyl (C=O) groups is 1. The Labute approximate surface area is 137 Å². The third-order valence-electron chi connectivity index (χ3n) is 4.73. The molecular formula is C19H24N2O2. The lowest BCUT2D eigenvalue weighted by atomic mass is 10.0. The predicted molar refractivity (Wildman–Crippen MR) is 90.4 cm³/mol. The number of amides is 1. The maximum atomic E-state index is 12.5. The van der Waals surface area contributed by atoms with Crippen LogP contribution in [0.4, 0.5) is 0 Å². The largest absolute Gasteiger partial charge is 0.387 e. The molecule has 0 radical (unpaired) electrons. The predicted octanol–water partition coefficient (Wildman–Crippen LogP) is 3.38. The molecule has 1 heterocycles. The van der Waals surface area contributed by atoms with Gasteiger partial charge >= 0.3 is 0 Å². The zero-order valence-corrected chi connectivity index (χ0v) is 13.5. The average molecular weight is 312 g/mol. The number of nitrogens with one attached hydrogen (secondary N) is 1. The highest BCUT2D eigenvalue weighted by atomic mass is 16.3. The fourth-order valence-corrected chi connectivity index (χ4v) is 3.44. The van der Waals surface area contributed by atoms with E-state index in [4.69, 9.17) is 0 Å². The number of aromatic nitrogens is 1. The molecule has 1 fully saturated rings. The molecule has 2 aromatic rings. The Morgan fingerprint density at radius 3 is 2.74 bits per heavy atom. The van der Waals surface area contributed by atoms with Crippen molar-refractivity contribution in [2.24, 2.45) is 0 Å². The maximum absolute atomic E-state index is 12.5. The van der Waals surface area contributed by atoms with Crippen LogP contribution in [-0.4, -0.2) is 22.1 Å². The summed E-state index contributed by atoms with van der Waals surface area (Å²) in [6, 6.07) is 11.9. The number of carbonyl (C=O) groups excluding carboxylic acids is 1. The molecule has 0 spiro atoms.